The molecule has 0 saturated carbocycles. The summed E-state index contributed by atoms with van der Waals surface area (Å²) in [6.45, 7) is 0. The van der Waals surface area contributed by atoms with Crippen molar-refractivity contribution in [3.63, 3.8) is 0 Å². The number of nitrogen functional groups attached to an aromatic ring is 1. The molecule has 0 aliphatic heterocycles. The fraction of sp³-hybridized carbons (Fsp3) is 0.111. The SMILES string of the molecule is Nc1cccc(Nc2cc(Nc3ccc(Oc4ccc(CC(=O)Nc5cccc(Nc6cc(NC7C=CC(OC8=CC=CCC8)=CC7)ncn6)c5)cc4)cc3)ncn2)n1. The maximum atomic E-state index is 13.0. The van der Waals surface area contributed by atoms with E-state index < -0.39 is 0 Å². The van der Waals surface area contributed by atoms with E-state index in [1.165, 1.54) is 12.7 Å². The van der Waals surface area contributed by atoms with Crippen molar-refractivity contribution in [2.45, 2.75) is 31.7 Å². The molecule has 0 bridgehead atoms. The van der Waals surface area contributed by atoms with Crippen LogP contribution in [0.4, 0.5) is 52.0 Å². The standard InChI is InChI=1S/C45H41N11O3/c46-39-10-5-11-40(55-39)56-44-27-42(48-29-50-44)52-32-16-22-38(23-17-32)59-36-18-12-30(13-19-36)24-45(57)54-34-7-4-6-33(25-34)53-43-26-41(47-28-49-43)51-31-14-20-37(21-15-31)58-35-8-2-1-3-9-35/h1-2,4-8,10-14,16-23,25-29,31H,3,9,15,24H2,(H,54,57)(H2,47,49,51,53)(H4,46,48,50,52,55,56). The molecule has 0 saturated heterocycles. The number of anilines is 9. The second-order valence-corrected chi connectivity index (χ2v) is 13.6. The Balaban J connectivity index is 0.787. The van der Waals surface area contributed by atoms with Gasteiger partial charge in [0.1, 0.15) is 70.6 Å². The van der Waals surface area contributed by atoms with E-state index in [2.05, 4.69) is 69.7 Å². The minimum atomic E-state index is -0.143. The lowest BCUT2D eigenvalue weighted by atomic mass is 10.1. The monoisotopic (exact) mass is 783 g/mol. The third-order valence-corrected chi connectivity index (χ3v) is 9.05. The van der Waals surface area contributed by atoms with E-state index in [-0.39, 0.29) is 18.4 Å². The third-order valence-electron chi connectivity index (χ3n) is 9.05. The van der Waals surface area contributed by atoms with Crippen LogP contribution in [0.2, 0.25) is 0 Å². The van der Waals surface area contributed by atoms with Crippen LogP contribution in [0.25, 0.3) is 0 Å². The molecular formula is C45H41N11O3. The second-order valence-electron chi connectivity index (χ2n) is 13.6. The highest BCUT2D eigenvalue weighted by Crippen LogP contribution is 2.27. The van der Waals surface area contributed by atoms with Gasteiger partial charge >= 0.3 is 0 Å². The first kappa shape index (κ1) is 37.9. The van der Waals surface area contributed by atoms with Crippen LogP contribution in [0, 0.1) is 0 Å². The number of ether oxygens (including phenoxy) is 2. The Kier molecular flexibility index (Phi) is 11.8. The van der Waals surface area contributed by atoms with Crippen LogP contribution in [0.5, 0.6) is 11.5 Å². The highest BCUT2D eigenvalue weighted by atomic mass is 16.5. The first-order chi connectivity index (χ1) is 28.9. The molecule has 2 aliphatic carbocycles. The number of pyridine rings is 1. The summed E-state index contributed by atoms with van der Waals surface area (Å²) in [4.78, 5) is 34.6. The molecular weight excluding hydrogens is 743 g/mol. The number of aromatic nitrogens is 5. The smallest absolute Gasteiger partial charge is 0.228 e. The predicted octanol–water partition coefficient (Wildman–Crippen LogP) is 9.32. The van der Waals surface area contributed by atoms with Crippen LogP contribution in [0.3, 0.4) is 0 Å². The number of nitrogens with two attached hydrogens (primary N) is 1. The van der Waals surface area contributed by atoms with E-state index in [0.29, 0.717) is 52.1 Å². The van der Waals surface area contributed by atoms with Gasteiger partial charge in [-0.1, -0.05) is 42.5 Å². The Bertz CT molecular complexity index is 2540. The van der Waals surface area contributed by atoms with Crippen molar-refractivity contribution in [1.82, 2.24) is 24.9 Å². The van der Waals surface area contributed by atoms with Crippen LogP contribution < -0.4 is 37.1 Å². The fourth-order valence-corrected chi connectivity index (χ4v) is 6.22. The van der Waals surface area contributed by atoms with E-state index in [9.17, 15) is 4.79 Å². The number of allylic oxidation sites excluding steroid dienone is 5. The summed E-state index contributed by atoms with van der Waals surface area (Å²) in [5, 5.41) is 16.1. The molecule has 7 N–H and O–H groups in total. The Morgan fingerprint density at radius 2 is 1.41 bits per heavy atom. The summed E-state index contributed by atoms with van der Waals surface area (Å²) in [5.74, 6) is 6.49. The van der Waals surface area contributed by atoms with Gasteiger partial charge in [0.05, 0.1) is 6.42 Å². The first-order valence-electron chi connectivity index (χ1n) is 19.1. The van der Waals surface area contributed by atoms with Crippen molar-refractivity contribution in [1.29, 1.82) is 0 Å². The molecule has 1 atom stereocenters. The molecule has 8 rings (SSSR count). The lowest BCUT2D eigenvalue weighted by Crippen LogP contribution is -2.19. The Labute approximate surface area is 341 Å². The highest BCUT2D eigenvalue weighted by Gasteiger charge is 2.13. The summed E-state index contributed by atoms with van der Waals surface area (Å²) < 4.78 is 12.1. The average molecular weight is 784 g/mol. The van der Waals surface area contributed by atoms with Gasteiger partial charge in [0, 0.05) is 41.7 Å². The minimum Gasteiger partial charge on any atom is -0.462 e. The number of nitrogens with zero attached hydrogens (tertiary/aromatic N) is 5. The normalized spacial score (nSPS) is 14.3. The lowest BCUT2D eigenvalue weighted by Gasteiger charge is -2.20. The van der Waals surface area contributed by atoms with Crippen molar-refractivity contribution in [2.75, 3.05) is 32.3 Å². The minimum absolute atomic E-state index is 0.0735. The maximum Gasteiger partial charge on any atom is 0.228 e. The zero-order valence-corrected chi connectivity index (χ0v) is 31.9. The molecule has 14 heteroatoms. The number of hydrogen-bond donors (Lipinski definition) is 6. The van der Waals surface area contributed by atoms with E-state index in [1.807, 2.05) is 103 Å². The Morgan fingerprint density at radius 1 is 0.712 bits per heavy atom. The quantitative estimate of drug-likeness (QED) is 0.0579. The van der Waals surface area contributed by atoms with Gasteiger partial charge in [-0.3, -0.25) is 4.79 Å². The Hall–Kier alpha value is -8.00. The largest absolute Gasteiger partial charge is 0.462 e. The van der Waals surface area contributed by atoms with Crippen molar-refractivity contribution in [3.05, 3.63) is 169 Å². The van der Waals surface area contributed by atoms with Crippen LogP contribution in [-0.2, 0) is 16.0 Å². The molecule has 1 unspecified atom stereocenters. The number of rotatable bonds is 15. The number of benzene rings is 3. The average Bonchev–Trinajstić information content (AvgIpc) is 3.24. The molecule has 6 aromatic rings. The lowest BCUT2D eigenvalue weighted by molar-refractivity contribution is -0.115. The summed E-state index contributed by atoms with van der Waals surface area (Å²) in [5.41, 5.74) is 8.88. The van der Waals surface area contributed by atoms with Crippen LogP contribution >= 0.6 is 0 Å². The number of carbonyl (C=O) groups is 1. The van der Waals surface area contributed by atoms with Crippen molar-refractivity contribution in [3.8, 4) is 11.5 Å². The van der Waals surface area contributed by atoms with Gasteiger partial charge in [0.2, 0.25) is 5.91 Å². The summed E-state index contributed by atoms with van der Waals surface area (Å²) >= 11 is 0. The van der Waals surface area contributed by atoms with E-state index in [4.69, 9.17) is 15.2 Å². The second kappa shape index (κ2) is 18.3. The van der Waals surface area contributed by atoms with Crippen LogP contribution in [0.15, 0.2) is 164 Å². The van der Waals surface area contributed by atoms with Gasteiger partial charge in [-0.2, -0.15) is 0 Å². The molecule has 3 heterocycles. The van der Waals surface area contributed by atoms with Gasteiger partial charge < -0.3 is 41.8 Å². The zero-order chi connectivity index (χ0) is 40.2. The van der Waals surface area contributed by atoms with Crippen molar-refractivity contribution >= 4 is 57.9 Å². The molecule has 3 aromatic carbocycles. The summed E-state index contributed by atoms with van der Waals surface area (Å²) in [7, 11) is 0. The third kappa shape index (κ3) is 11.1. The molecule has 0 radical (unpaired) electrons. The number of nitrogens with one attached hydrogen (secondary N) is 5. The predicted molar refractivity (Wildman–Crippen MR) is 231 cm³/mol. The highest BCUT2D eigenvalue weighted by molar-refractivity contribution is 5.92. The van der Waals surface area contributed by atoms with Crippen LogP contribution in [-0.4, -0.2) is 36.9 Å². The van der Waals surface area contributed by atoms with Gasteiger partial charge in [-0.25, -0.2) is 24.9 Å². The van der Waals surface area contributed by atoms with Gasteiger partial charge in [0.15, 0.2) is 0 Å². The maximum absolute atomic E-state index is 13.0. The van der Waals surface area contributed by atoms with Crippen molar-refractivity contribution < 1.29 is 14.3 Å². The number of carbonyl (C=O) groups excluding carboxylic acids is 1. The number of amides is 1. The molecule has 0 fully saturated rings. The van der Waals surface area contributed by atoms with Crippen molar-refractivity contribution in [2.24, 2.45) is 0 Å². The van der Waals surface area contributed by atoms with Gasteiger partial charge in [-0.05, 0) is 103 Å². The van der Waals surface area contributed by atoms with Crippen LogP contribution in [0.1, 0.15) is 24.8 Å². The van der Waals surface area contributed by atoms with E-state index >= 15 is 0 Å². The molecule has 0 spiro atoms. The molecule has 3 aromatic heterocycles. The molecule has 14 nitrogen and oxygen atoms in total. The zero-order valence-electron chi connectivity index (χ0n) is 31.9. The first-order valence-corrected chi connectivity index (χ1v) is 19.1. The summed E-state index contributed by atoms with van der Waals surface area (Å²) in [6.07, 6.45) is 18.2. The number of hydrogen-bond acceptors (Lipinski definition) is 13. The summed E-state index contributed by atoms with van der Waals surface area (Å²) in [6, 6.07) is 31.5. The molecule has 59 heavy (non-hydrogen) atoms. The van der Waals surface area contributed by atoms with E-state index in [0.717, 1.165) is 47.7 Å². The van der Waals surface area contributed by atoms with Gasteiger partial charge in [0.25, 0.3) is 0 Å². The topological polar surface area (TPSA) is 186 Å². The fourth-order valence-electron chi connectivity index (χ4n) is 6.22. The molecule has 1 amide bonds. The molecule has 294 valence electrons. The molecule has 2 aliphatic rings. The van der Waals surface area contributed by atoms with Gasteiger partial charge in [-0.15, -0.1) is 0 Å². The Morgan fingerprint density at radius 3 is 2.14 bits per heavy atom. The van der Waals surface area contributed by atoms with E-state index in [1.54, 1.807) is 18.2 Å².